The number of aromatic nitrogens is 1. The zero-order valence-corrected chi connectivity index (χ0v) is 19.3. The molecule has 0 fully saturated rings. The third kappa shape index (κ3) is 7.96. The Bertz CT molecular complexity index is 1040. The Morgan fingerprint density at radius 3 is 2.62 bits per heavy atom. The summed E-state index contributed by atoms with van der Waals surface area (Å²) >= 11 is 6.95. The van der Waals surface area contributed by atoms with Crippen molar-refractivity contribution in [2.75, 3.05) is 19.8 Å². The lowest BCUT2D eigenvalue weighted by Gasteiger charge is -2.18. The van der Waals surface area contributed by atoms with Crippen LogP contribution in [0.2, 0.25) is 5.02 Å². The van der Waals surface area contributed by atoms with Crippen LogP contribution in [-0.2, 0) is 17.8 Å². The van der Waals surface area contributed by atoms with Gasteiger partial charge >= 0.3 is 4.87 Å². The van der Waals surface area contributed by atoms with Gasteiger partial charge in [-0.2, -0.15) is 0 Å². The van der Waals surface area contributed by atoms with Crippen molar-refractivity contribution in [3.8, 4) is 11.6 Å². The van der Waals surface area contributed by atoms with E-state index in [0.717, 1.165) is 28.2 Å². The van der Waals surface area contributed by atoms with E-state index in [1.54, 1.807) is 0 Å². The van der Waals surface area contributed by atoms with Gasteiger partial charge in [0.25, 0.3) is 0 Å². The number of aromatic amines is 1. The fourth-order valence-corrected chi connectivity index (χ4v) is 3.95. The van der Waals surface area contributed by atoms with Crippen LogP contribution < -0.4 is 14.9 Å². The van der Waals surface area contributed by atoms with Crippen LogP contribution in [0.15, 0.2) is 53.3 Å². The number of nitrogens with one attached hydrogen (secondary N) is 2. The van der Waals surface area contributed by atoms with Crippen LogP contribution in [0.5, 0.6) is 11.6 Å². The van der Waals surface area contributed by atoms with E-state index in [1.165, 1.54) is 0 Å². The van der Waals surface area contributed by atoms with Gasteiger partial charge in [-0.05, 0) is 42.3 Å². The number of aromatic hydroxyl groups is 1. The van der Waals surface area contributed by atoms with E-state index in [-0.39, 0.29) is 23.4 Å². The third-order valence-electron chi connectivity index (χ3n) is 4.66. The first-order chi connectivity index (χ1) is 15.4. The molecule has 1 heterocycles. The molecule has 0 aliphatic carbocycles. The third-order valence-corrected chi connectivity index (χ3v) is 5.77. The van der Waals surface area contributed by atoms with Crippen molar-refractivity contribution < 1.29 is 19.7 Å². The minimum atomic E-state index is -0.628. The second kappa shape index (κ2) is 12.0. The Morgan fingerprint density at radius 2 is 1.94 bits per heavy atom. The van der Waals surface area contributed by atoms with Crippen molar-refractivity contribution >= 4 is 22.9 Å². The molecule has 4 N–H and O–H groups in total. The quantitative estimate of drug-likeness (QED) is 0.318. The number of benzene rings is 2. The normalized spacial score (nSPS) is 13.1. The van der Waals surface area contributed by atoms with Crippen molar-refractivity contribution in [2.45, 2.75) is 32.1 Å². The van der Waals surface area contributed by atoms with Gasteiger partial charge in [-0.3, -0.25) is 9.78 Å². The minimum absolute atomic E-state index is 0.0336. The summed E-state index contributed by atoms with van der Waals surface area (Å²) < 4.78 is 11.3. The first-order valence-electron chi connectivity index (χ1n) is 10.3. The molecule has 32 heavy (non-hydrogen) atoms. The molecule has 9 heteroatoms. The highest BCUT2D eigenvalue weighted by Gasteiger charge is 2.10. The summed E-state index contributed by atoms with van der Waals surface area (Å²) in [4.78, 5) is 14.0. The van der Waals surface area contributed by atoms with Crippen molar-refractivity contribution in [1.82, 2.24) is 10.3 Å². The molecule has 2 aromatic carbocycles. The lowest BCUT2D eigenvalue weighted by molar-refractivity contribution is 0.0271. The van der Waals surface area contributed by atoms with E-state index >= 15 is 0 Å². The molecular weight excluding hydrogens is 452 g/mol. The summed E-state index contributed by atoms with van der Waals surface area (Å²) in [6, 6.07) is 15.0. The Kier molecular flexibility index (Phi) is 9.13. The average Bonchev–Trinajstić information content (AvgIpc) is 3.08. The zero-order chi connectivity index (χ0) is 22.9. The minimum Gasteiger partial charge on any atom is -0.494 e. The van der Waals surface area contributed by atoms with Gasteiger partial charge in [-0.15, -0.1) is 0 Å². The van der Waals surface area contributed by atoms with Crippen LogP contribution in [0.1, 0.15) is 22.9 Å². The van der Waals surface area contributed by atoms with E-state index in [0.29, 0.717) is 36.1 Å². The highest BCUT2D eigenvalue weighted by Crippen LogP contribution is 2.21. The Hall–Kier alpha value is -2.36. The molecule has 0 aliphatic rings. The summed E-state index contributed by atoms with van der Waals surface area (Å²) in [5, 5.41) is 23.7. The van der Waals surface area contributed by atoms with Gasteiger partial charge < -0.3 is 25.0 Å². The predicted octanol–water partition coefficient (Wildman–Crippen LogP) is 3.32. The van der Waals surface area contributed by atoms with Crippen molar-refractivity contribution in [2.24, 2.45) is 0 Å². The van der Waals surface area contributed by atoms with E-state index in [2.05, 4.69) is 10.3 Å². The van der Waals surface area contributed by atoms with Crippen LogP contribution in [0.4, 0.5) is 0 Å². The van der Waals surface area contributed by atoms with E-state index in [9.17, 15) is 15.0 Å². The Labute approximate surface area is 195 Å². The number of hydrogen-bond acceptors (Lipinski definition) is 7. The standard InChI is InChI=1S/C23H27ClN2O5S/c1-15(25-11-19(27)14-30-13-17-3-2-4-18(24)9-17)12-31-20-7-5-16(6-8-20)10-21-22(28)26-23(29)32-21/h2-9,15,19,25,27-28H,10-14H2,1H3,(H,26,29). The number of rotatable bonds is 12. The zero-order valence-electron chi connectivity index (χ0n) is 17.7. The first-order valence-corrected chi connectivity index (χ1v) is 11.4. The SMILES string of the molecule is CC(COc1ccc(Cc2sc(=O)[nH]c2O)cc1)NCC(O)COCc1cccc(Cl)c1. The second-order valence-corrected chi connectivity index (χ2v) is 9.03. The average molecular weight is 479 g/mol. The van der Waals surface area contributed by atoms with Gasteiger partial charge in [0.15, 0.2) is 0 Å². The summed E-state index contributed by atoms with van der Waals surface area (Å²) in [7, 11) is 0. The Balaban J connectivity index is 1.33. The number of ether oxygens (including phenoxy) is 2. The van der Waals surface area contributed by atoms with Gasteiger partial charge in [-0.1, -0.05) is 47.2 Å². The molecule has 0 spiro atoms. The van der Waals surface area contributed by atoms with Crippen molar-refractivity contribution in [1.29, 1.82) is 0 Å². The van der Waals surface area contributed by atoms with Crippen molar-refractivity contribution in [3.63, 3.8) is 0 Å². The summed E-state index contributed by atoms with van der Waals surface area (Å²) in [5.41, 5.74) is 1.93. The maximum absolute atomic E-state index is 11.3. The molecule has 0 saturated heterocycles. The maximum Gasteiger partial charge on any atom is 0.307 e. The number of thiazole rings is 1. The molecule has 172 valence electrons. The topological polar surface area (TPSA) is 104 Å². The number of halogens is 1. The lowest BCUT2D eigenvalue weighted by atomic mass is 10.1. The lowest BCUT2D eigenvalue weighted by Crippen LogP contribution is -2.38. The highest BCUT2D eigenvalue weighted by atomic mass is 35.5. The molecule has 0 saturated carbocycles. The molecule has 1 aromatic heterocycles. The number of aliphatic hydroxyl groups excluding tert-OH is 1. The largest absolute Gasteiger partial charge is 0.494 e. The molecule has 0 radical (unpaired) electrons. The van der Waals surface area contributed by atoms with Gasteiger partial charge in [-0.25, -0.2) is 0 Å². The van der Waals surface area contributed by atoms with Gasteiger partial charge in [0, 0.05) is 24.0 Å². The monoisotopic (exact) mass is 478 g/mol. The number of aliphatic hydroxyl groups is 1. The summed E-state index contributed by atoms with van der Waals surface area (Å²) in [6.07, 6.45) is -0.151. The van der Waals surface area contributed by atoms with Crippen LogP contribution in [0, 0.1) is 0 Å². The fourth-order valence-electron chi connectivity index (χ4n) is 2.98. The molecule has 3 rings (SSSR count). The molecule has 0 amide bonds. The molecule has 0 bridgehead atoms. The Morgan fingerprint density at radius 1 is 1.16 bits per heavy atom. The van der Waals surface area contributed by atoms with Gasteiger partial charge in [0.05, 0.1) is 24.2 Å². The van der Waals surface area contributed by atoms with Crippen molar-refractivity contribution in [3.05, 3.63) is 79.2 Å². The predicted molar refractivity (Wildman–Crippen MR) is 126 cm³/mol. The van der Waals surface area contributed by atoms with Crippen LogP contribution in [-0.4, -0.2) is 47.1 Å². The smallest absolute Gasteiger partial charge is 0.307 e. The maximum atomic E-state index is 11.3. The first kappa shape index (κ1) is 24.3. The highest BCUT2D eigenvalue weighted by molar-refractivity contribution is 7.09. The molecular formula is C23H27ClN2O5S. The molecule has 3 aromatic rings. The summed E-state index contributed by atoms with van der Waals surface area (Å²) in [6.45, 7) is 3.43. The van der Waals surface area contributed by atoms with Crippen LogP contribution in [0.3, 0.4) is 0 Å². The van der Waals surface area contributed by atoms with Gasteiger partial charge in [0.2, 0.25) is 5.88 Å². The van der Waals surface area contributed by atoms with Gasteiger partial charge in [0.1, 0.15) is 12.4 Å². The fraction of sp³-hybridized carbons (Fsp3) is 0.348. The van der Waals surface area contributed by atoms with Crippen LogP contribution >= 0.6 is 22.9 Å². The van der Waals surface area contributed by atoms with E-state index in [4.69, 9.17) is 21.1 Å². The number of H-pyrrole nitrogens is 1. The molecule has 0 aliphatic heterocycles. The van der Waals surface area contributed by atoms with E-state index in [1.807, 2.05) is 55.5 Å². The second-order valence-electron chi connectivity index (χ2n) is 7.53. The summed E-state index contributed by atoms with van der Waals surface area (Å²) in [5.74, 6) is 0.650. The molecule has 7 nitrogen and oxygen atoms in total. The molecule has 2 atom stereocenters. The number of hydrogen-bond donors (Lipinski definition) is 4. The molecule has 2 unspecified atom stereocenters. The van der Waals surface area contributed by atoms with E-state index < -0.39 is 6.10 Å². The van der Waals surface area contributed by atoms with Crippen LogP contribution in [0.25, 0.3) is 0 Å².